The van der Waals surface area contributed by atoms with E-state index in [0.29, 0.717) is 5.84 Å². The normalized spacial score (nSPS) is 28.3. The minimum atomic E-state index is -0.126. The Morgan fingerprint density at radius 3 is 2.71 bits per heavy atom. The highest BCUT2D eigenvalue weighted by Gasteiger charge is 2.33. The van der Waals surface area contributed by atoms with E-state index in [4.69, 9.17) is 11.1 Å². The van der Waals surface area contributed by atoms with Gasteiger partial charge in [0.05, 0.1) is 5.84 Å². The van der Waals surface area contributed by atoms with E-state index in [1.807, 2.05) is 0 Å². The second-order valence-electron chi connectivity index (χ2n) is 7.79. The lowest BCUT2D eigenvalue weighted by Gasteiger charge is -2.46. The summed E-state index contributed by atoms with van der Waals surface area (Å²) in [6.07, 6.45) is 7.59. The van der Waals surface area contributed by atoms with Crippen molar-refractivity contribution in [3.63, 3.8) is 0 Å². The molecule has 0 saturated carbocycles. The van der Waals surface area contributed by atoms with E-state index in [1.165, 1.54) is 58.3 Å². The Morgan fingerprint density at radius 2 is 2.00 bits per heavy atom. The van der Waals surface area contributed by atoms with Crippen LogP contribution in [0.1, 0.15) is 52.4 Å². The lowest BCUT2D eigenvalue weighted by Crippen LogP contribution is -2.52. The van der Waals surface area contributed by atoms with E-state index in [2.05, 4.69) is 30.7 Å². The van der Waals surface area contributed by atoms with Gasteiger partial charge in [-0.05, 0) is 64.7 Å². The fraction of sp³-hybridized carbons (Fsp3) is 0.941. The van der Waals surface area contributed by atoms with E-state index in [1.54, 1.807) is 0 Å². The topological polar surface area (TPSA) is 56.4 Å². The lowest BCUT2D eigenvalue weighted by molar-refractivity contribution is 0.0378. The minimum absolute atomic E-state index is 0.126. The van der Waals surface area contributed by atoms with Crippen molar-refractivity contribution >= 4 is 5.84 Å². The molecular weight excluding hydrogens is 260 g/mol. The number of unbranched alkanes of at least 4 members (excludes halogenated alkanes) is 1. The fourth-order valence-electron chi connectivity index (χ4n) is 3.97. The van der Waals surface area contributed by atoms with Gasteiger partial charge in [-0.2, -0.15) is 0 Å². The van der Waals surface area contributed by atoms with Gasteiger partial charge in [-0.15, -0.1) is 0 Å². The number of fused-ring (bicyclic) bond motifs is 1. The van der Waals surface area contributed by atoms with Crippen molar-refractivity contribution < 1.29 is 0 Å². The third-order valence-corrected chi connectivity index (χ3v) is 5.69. The van der Waals surface area contributed by atoms with Crippen molar-refractivity contribution in [1.82, 2.24) is 9.80 Å². The molecule has 2 rings (SSSR count). The molecule has 0 aromatic rings. The maximum Gasteiger partial charge on any atom is 0.0963 e. The van der Waals surface area contributed by atoms with Crippen LogP contribution in [0.25, 0.3) is 0 Å². The van der Waals surface area contributed by atoms with E-state index in [-0.39, 0.29) is 5.41 Å². The first kappa shape index (κ1) is 16.8. The van der Waals surface area contributed by atoms with E-state index in [9.17, 15) is 0 Å². The van der Waals surface area contributed by atoms with Crippen LogP contribution in [0.4, 0.5) is 0 Å². The number of nitrogens with two attached hydrogens (primary N) is 1. The molecule has 2 heterocycles. The predicted octanol–water partition coefficient (Wildman–Crippen LogP) is 2.53. The third kappa shape index (κ3) is 4.43. The molecule has 0 aromatic heterocycles. The van der Waals surface area contributed by atoms with Crippen LogP contribution in [0.3, 0.4) is 0 Å². The first-order valence-electron chi connectivity index (χ1n) is 8.67. The molecule has 2 saturated heterocycles. The zero-order valence-electron chi connectivity index (χ0n) is 14.2. The summed E-state index contributed by atoms with van der Waals surface area (Å²) in [5.74, 6) is 1.22. The Hall–Kier alpha value is -0.610. The summed E-state index contributed by atoms with van der Waals surface area (Å²) in [6, 6.07) is 0.839. The number of rotatable bonds is 6. The number of hydrogen-bond donors (Lipinski definition) is 2. The average Bonchev–Trinajstić information content (AvgIpc) is 2.43. The standard InChI is InChI=1S/C17H34N4/c1-17(2,16(18)19)9-4-5-11-21-12-8-15-14(13-21)7-6-10-20(15)3/h14-15H,4-13H2,1-3H3,(H3,18,19). The molecule has 0 aliphatic carbocycles. The Labute approximate surface area is 130 Å². The van der Waals surface area contributed by atoms with Crippen molar-refractivity contribution in [3.05, 3.63) is 0 Å². The van der Waals surface area contributed by atoms with Crippen molar-refractivity contribution in [2.24, 2.45) is 17.1 Å². The van der Waals surface area contributed by atoms with Gasteiger partial charge < -0.3 is 15.5 Å². The van der Waals surface area contributed by atoms with Crippen LogP contribution in [0.2, 0.25) is 0 Å². The van der Waals surface area contributed by atoms with Crippen molar-refractivity contribution in [3.8, 4) is 0 Å². The summed E-state index contributed by atoms with van der Waals surface area (Å²) >= 11 is 0. The maximum absolute atomic E-state index is 7.61. The van der Waals surface area contributed by atoms with E-state index < -0.39 is 0 Å². The monoisotopic (exact) mass is 294 g/mol. The summed E-state index contributed by atoms with van der Waals surface area (Å²) < 4.78 is 0. The second kappa shape index (κ2) is 7.10. The van der Waals surface area contributed by atoms with Crippen LogP contribution in [0.15, 0.2) is 0 Å². The van der Waals surface area contributed by atoms with Crippen LogP contribution in [0, 0.1) is 16.7 Å². The van der Waals surface area contributed by atoms with Crippen LogP contribution in [0.5, 0.6) is 0 Å². The van der Waals surface area contributed by atoms with Crippen molar-refractivity contribution in [1.29, 1.82) is 5.41 Å². The van der Waals surface area contributed by atoms with Gasteiger partial charge in [0.2, 0.25) is 0 Å². The molecule has 0 spiro atoms. The molecule has 4 nitrogen and oxygen atoms in total. The zero-order valence-corrected chi connectivity index (χ0v) is 14.2. The van der Waals surface area contributed by atoms with Gasteiger partial charge in [-0.1, -0.05) is 20.3 Å². The summed E-state index contributed by atoms with van der Waals surface area (Å²) in [7, 11) is 2.30. The van der Waals surface area contributed by atoms with Gasteiger partial charge in [0.15, 0.2) is 0 Å². The number of piperidine rings is 2. The summed E-state index contributed by atoms with van der Waals surface area (Å²) in [5.41, 5.74) is 5.52. The largest absolute Gasteiger partial charge is 0.387 e. The molecule has 2 atom stereocenters. The second-order valence-corrected chi connectivity index (χ2v) is 7.79. The van der Waals surface area contributed by atoms with Gasteiger partial charge >= 0.3 is 0 Å². The summed E-state index contributed by atoms with van der Waals surface area (Å²) in [6.45, 7) is 9.24. The van der Waals surface area contributed by atoms with Gasteiger partial charge in [0.25, 0.3) is 0 Å². The molecule has 2 fully saturated rings. The zero-order chi connectivity index (χ0) is 15.5. The molecule has 21 heavy (non-hydrogen) atoms. The minimum Gasteiger partial charge on any atom is -0.387 e. The number of amidine groups is 1. The van der Waals surface area contributed by atoms with Gasteiger partial charge in [0, 0.05) is 18.0 Å². The van der Waals surface area contributed by atoms with Crippen LogP contribution >= 0.6 is 0 Å². The molecule has 122 valence electrons. The smallest absolute Gasteiger partial charge is 0.0963 e. The first-order chi connectivity index (χ1) is 9.90. The van der Waals surface area contributed by atoms with E-state index in [0.717, 1.165) is 18.4 Å². The Bertz CT molecular complexity index is 353. The molecule has 0 aromatic carbocycles. The molecular formula is C17H34N4. The van der Waals surface area contributed by atoms with Gasteiger partial charge in [0.1, 0.15) is 0 Å². The van der Waals surface area contributed by atoms with E-state index >= 15 is 0 Å². The quantitative estimate of drug-likeness (QED) is 0.450. The Kier molecular flexibility index (Phi) is 5.67. The molecule has 2 aliphatic heterocycles. The molecule has 0 radical (unpaired) electrons. The molecule has 2 aliphatic rings. The molecule has 2 unspecified atom stereocenters. The molecule has 0 bridgehead atoms. The lowest BCUT2D eigenvalue weighted by atomic mass is 9.84. The molecule has 3 N–H and O–H groups in total. The highest BCUT2D eigenvalue weighted by atomic mass is 15.2. The Morgan fingerprint density at radius 1 is 1.24 bits per heavy atom. The highest BCUT2D eigenvalue weighted by molar-refractivity contribution is 5.82. The highest BCUT2D eigenvalue weighted by Crippen LogP contribution is 2.30. The number of likely N-dealkylation sites (tertiary alicyclic amines) is 2. The van der Waals surface area contributed by atoms with Gasteiger partial charge in [-0.3, -0.25) is 5.41 Å². The number of nitrogens with zero attached hydrogens (tertiary/aromatic N) is 2. The SMILES string of the molecule is CN1CCCC2CN(CCCCC(C)(C)C(=N)N)CCC21. The fourth-order valence-corrected chi connectivity index (χ4v) is 3.97. The van der Waals surface area contributed by atoms with Crippen LogP contribution < -0.4 is 5.73 Å². The summed E-state index contributed by atoms with van der Waals surface area (Å²) in [4.78, 5) is 5.25. The van der Waals surface area contributed by atoms with Gasteiger partial charge in [-0.25, -0.2) is 0 Å². The van der Waals surface area contributed by atoms with Crippen LogP contribution in [-0.4, -0.2) is 54.9 Å². The number of nitrogens with one attached hydrogen (secondary N) is 1. The van der Waals surface area contributed by atoms with Crippen LogP contribution in [-0.2, 0) is 0 Å². The Balaban J connectivity index is 1.67. The first-order valence-corrected chi connectivity index (χ1v) is 8.67. The molecule has 0 amide bonds. The predicted molar refractivity (Wildman–Crippen MR) is 89.7 cm³/mol. The third-order valence-electron chi connectivity index (χ3n) is 5.69. The van der Waals surface area contributed by atoms with Crippen molar-refractivity contribution in [2.75, 3.05) is 33.2 Å². The maximum atomic E-state index is 7.61. The number of hydrogen-bond acceptors (Lipinski definition) is 3. The average molecular weight is 294 g/mol. The summed E-state index contributed by atoms with van der Waals surface area (Å²) in [5, 5.41) is 7.61. The van der Waals surface area contributed by atoms with Crippen molar-refractivity contribution in [2.45, 2.75) is 58.4 Å². The molecule has 4 heteroatoms.